The molecule has 1 saturated heterocycles. The SMILES string of the molecule is CC(C)N(C)C(=O)CN(C)CC1CCCNC1. The lowest BCUT2D eigenvalue weighted by Gasteiger charge is -2.29. The van der Waals surface area contributed by atoms with E-state index in [-0.39, 0.29) is 11.9 Å². The first-order valence-corrected chi connectivity index (χ1v) is 6.65. The summed E-state index contributed by atoms with van der Waals surface area (Å²) < 4.78 is 0. The molecule has 1 rings (SSSR count). The third kappa shape index (κ3) is 5.04. The third-order valence-electron chi connectivity index (χ3n) is 3.54. The molecule has 0 aromatic heterocycles. The molecule has 4 heteroatoms. The van der Waals surface area contributed by atoms with E-state index >= 15 is 0 Å². The van der Waals surface area contributed by atoms with Crippen LogP contribution < -0.4 is 5.32 Å². The smallest absolute Gasteiger partial charge is 0.236 e. The van der Waals surface area contributed by atoms with Gasteiger partial charge in [0.2, 0.25) is 5.91 Å². The Morgan fingerprint density at radius 3 is 2.65 bits per heavy atom. The second-order valence-electron chi connectivity index (χ2n) is 5.51. The predicted octanol–water partition coefficient (Wildman–Crippen LogP) is 0.785. The van der Waals surface area contributed by atoms with Crippen LogP contribution in [0.3, 0.4) is 0 Å². The first-order chi connectivity index (χ1) is 8.00. The minimum absolute atomic E-state index is 0.214. The predicted molar refractivity (Wildman–Crippen MR) is 71.0 cm³/mol. The first kappa shape index (κ1) is 14.5. The van der Waals surface area contributed by atoms with Crippen LogP contribution >= 0.6 is 0 Å². The van der Waals surface area contributed by atoms with E-state index in [0.29, 0.717) is 12.5 Å². The zero-order chi connectivity index (χ0) is 12.8. The van der Waals surface area contributed by atoms with E-state index in [2.05, 4.69) is 10.2 Å². The normalized spacial score (nSPS) is 20.9. The van der Waals surface area contributed by atoms with E-state index in [1.54, 1.807) is 0 Å². The van der Waals surface area contributed by atoms with Gasteiger partial charge in [-0.3, -0.25) is 9.69 Å². The monoisotopic (exact) mass is 241 g/mol. The highest BCUT2D eigenvalue weighted by atomic mass is 16.2. The van der Waals surface area contributed by atoms with Crippen LogP contribution in [0.2, 0.25) is 0 Å². The summed E-state index contributed by atoms with van der Waals surface area (Å²) in [5.41, 5.74) is 0. The highest BCUT2D eigenvalue weighted by Crippen LogP contribution is 2.11. The van der Waals surface area contributed by atoms with Gasteiger partial charge in [-0.05, 0) is 52.7 Å². The van der Waals surface area contributed by atoms with Crippen molar-refractivity contribution >= 4 is 5.91 Å². The van der Waals surface area contributed by atoms with Crippen LogP contribution in [0.25, 0.3) is 0 Å². The van der Waals surface area contributed by atoms with E-state index in [4.69, 9.17) is 0 Å². The summed E-state index contributed by atoms with van der Waals surface area (Å²) in [6.45, 7) is 7.88. The van der Waals surface area contributed by atoms with Crippen molar-refractivity contribution in [3.05, 3.63) is 0 Å². The second kappa shape index (κ2) is 6.97. The topological polar surface area (TPSA) is 35.6 Å². The molecule has 1 aliphatic heterocycles. The number of carbonyl (C=O) groups excluding carboxylic acids is 1. The van der Waals surface area contributed by atoms with E-state index in [0.717, 1.165) is 19.6 Å². The van der Waals surface area contributed by atoms with Crippen molar-refractivity contribution in [1.29, 1.82) is 0 Å². The summed E-state index contributed by atoms with van der Waals surface area (Å²) in [5, 5.41) is 3.41. The summed E-state index contributed by atoms with van der Waals surface area (Å²) in [4.78, 5) is 15.9. The minimum Gasteiger partial charge on any atom is -0.342 e. The number of piperidine rings is 1. The number of nitrogens with zero attached hydrogens (tertiary/aromatic N) is 2. The summed E-state index contributed by atoms with van der Waals surface area (Å²) in [6, 6.07) is 0.284. The van der Waals surface area contributed by atoms with E-state index < -0.39 is 0 Å². The molecule has 0 aliphatic carbocycles. The van der Waals surface area contributed by atoms with Gasteiger partial charge < -0.3 is 10.2 Å². The van der Waals surface area contributed by atoms with Gasteiger partial charge >= 0.3 is 0 Å². The molecular weight excluding hydrogens is 214 g/mol. The van der Waals surface area contributed by atoms with Gasteiger partial charge in [0, 0.05) is 19.6 Å². The maximum Gasteiger partial charge on any atom is 0.236 e. The van der Waals surface area contributed by atoms with Gasteiger partial charge in [-0.2, -0.15) is 0 Å². The number of amides is 1. The molecule has 0 radical (unpaired) electrons. The van der Waals surface area contributed by atoms with Gasteiger partial charge in [0.15, 0.2) is 0 Å². The highest BCUT2D eigenvalue weighted by molar-refractivity contribution is 5.78. The van der Waals surface area contributed by atoms with E-state index in [9.17, 15) is 4.79 Å². The Hall–Kier alpha value is -0.610. The summed E-state index contributed by atoms with van der Waals surface area (Å²) in [5.74, 6) is 0.914. The zero-order valence-electron chi connectivity index (χ0n) is 11.7. The highest BCUT2D eigenvalue weighted by Gasteiger charge is 2.18. The molecule has 1 heterocycles. The third-order valence-corrected chi connectivity index (χ3v) is 3.54. The average Bonchev–Trinajstić information content (AvgIpc) is 2.28. The van der Waals surface area contributed by atoms with Crippen LogP contribution in [-0.4, -0.2) is 62.0 Å². The van der Waals surface area contributed by atoms with Crippen molar-refractivity contribution in [2.45, 2.75) is 32.7 Å². The van der Waals surface area contributed by atoms with Crippen LogP contribution in [0.5, 0.6) is 0 Å². The van der Waals surface area contributed by atoms with Gasteiger partial charge in [0.05, 0.1) is 6.54 Å². The Kier molecular flexibility index (Phi) is 5.92. The standard InChI is InChI=1S/C13H27N3O/c1-11(2)16(4)13(17)10-15(3)9-12-6-5-7-14-8-12/h11-12,14H,5-10H2,1-4H3. The van der Waals surface area contributed by atoms with Crippen LogP contribution in [0.1, 0.15) is 26.7 Å². The Balaban J connectivity index is 2.28. The molecule has 17 heavy (non-hydrogen) atoms. The van der Waals surface area contributed by atoms with Gasteiger partial charge in [-0.1, -0.05) is 0 Å². The largest absolute Gasteiger partial charge is 0.342 e. The Bertz CT molecular complexity index is 237. The molecule has 1 unspecified atom stereocenters. The molecule has 0 aromatic rings. The Labute approximate surface area is 105 Å². The van der Waals surface area contributed by atoms with Gasteiger partial charge in [-0.15, -0.1) is 0 Å². The number of likely N-dealkylation sites (N-methyl/N-ethyl adjacent to an activating group) is 2. The molecule has 1 amide bonds. The lowest BCUT2D eigenvalue weighted by atomic mass is 9.99. The van der Waals surface area contributed by atoms with Crippen molar-refractivity contribution in [3.63, 3.8) is 0 Å². The van der Waals surface area contributed by atoms with Crippen molar-refractivity contribution < 1.29 is 4.79 Å². The van der Waals surface area contributed by atoms with Crippen molar-refractivity contribution in [3.8, 4) is 0 Å². The molecule has 0 aromatic carbocycles. The van der Waals surface area contributed by atoms with E-state index in [1.165, 1.54) is 12.8 Å². The van der Waals surface area contributed by atoms with Crippen LogP contribution in [0, 0.1) is 5.92 Å². The second-order valence-corrected chi connectivity index (χ2v) is 5.51. The van der Waals surface area contributed by atoms with Gasteiger partial charge in [0.25, 0.3) is 0 Å². The number of hydrogen-bond acceptors (Lipinski definition) is 3. The number of nitrogens with one attached hydrogen (secondary N) is 1. The zero-order valence-corrected chi connectivity index (χ0v) is 11.7. The lowest BCUT2D eigenvalue weighted by molar-refractivity contribution is -0.132. The maximum absolute atomic E-state index is 11.9. The Morgan fingerprint density at radius 1 is 1.41 bits per heavy atom. The summed E-state index contributed by atoms with van der Waals surface area (Å²) in [7, 11) is 3.92. The first-order valence-electron chi connectivity index (χ1n) is 6.65. The fraction of sp³-hybridized carbons (Fsp3) is 0.923. The van der Waals surface area contributed by atoms with Crippen molar-refractivity contribution in [1.82, 2.24) is 15.1 Å². The average molecular weight is 241 g/mol. The molecule has 1 aliphatic rings. The molecule has 100 valence electrons. The van der Waals surface area contributed by atoms with E-state index in [1.807, 2.05) is 32.8 Å². The molecule has 1 atom stereocenters. The number of carbonyl (C=O) groups is 1. The molecule has 0 spiro atoms. The molecule has 4 nitrogen and oxygen atoms in total. The van der Waals surface area contributed by atoms with Gasteiger partial charge in [0.1, 0.15) is 0 Å². The molecule has 1 fully saturated rings. The van der Waals surface area contributed by atoms with Crippen LogP contribution in [-0.2, 0) is 4.79 Å². The van der Waals surface area contributed by atoms with Crippen LogP contribution in [0.4, 0.5) is 0 Å². The summed E-state index contributed by atoms with van der Waals surface area (Å²) >= 11 is 0. The lowest BCUT2D eigenvalue weighted by Crippen LogP contribution is -2.43. The van der Waals surface area contributed by atoms with Gasteiger partial charge in [-0.25, -0.2) is 0 Å². The van der Waals surface area contributed by atoms with Crippen molar-refractivity contribution in [2.75, 3.05) is 40.3 Å². The molecular formula is C13H27N3O. The minimum atomic E-state index is 0.214. The van der Waals surface area contributed by atoms with Crippen molar-refractivity contribution in [2.24, 2.45) is 5.92 Å². The molecule has 1 N–H and O–H groups in total. The Morgan fingerprint density at radius 2 is 2.12 bits per heavy atom. The number of rotatable bonds is 5. The molecule has 0 saturated carbocycles. The maximum atomic E-state index is 11.9. The number of hydrogen-bond donors (Lipinski definition) is 1. The fourth-order valence-electron chi connectivity index (χ4n) is 2.22. The van der Waals surface area contributed by atoms with Crippen LogP contribution in [0.15, 0.2) is 0 Å². The summed E-state index contributed by atoms with van der Waals surface area (Å²) in [6.07, 6.45) is 2.55. The quantitative estimate of drug-likeness (QED) is 0.773. The molecule has 0 bridgehead atoms. The fourth-order valence-corrected chi connectivity index (χ4v) is 2.22.